The van der Waals surface area contributed by atoms with Crippen molar-refractivity contribution in [3.05, 3.63) is 11.6 Å². The Morgan fingerprint density at radius 2 is 1.90 bits per heavy atom. The fourth-order valence-electron chi connectivity index (χ4n) is 6.75. The molecular formula is C24H35ClO4. The summed E-state index contributed by atoms with van der Waals surface area (Å²) in [5.41, 5.74) is -0.753. The summed E-state index contributed by atoms with van der Waals surface area (Å²) >= 11 is 6.25. The average molecular weight is 423 g/mol. The number of allylic oxidation sites excluding steroid dienone is 1. The smallest absolute Gasteiger partial charge is 0.322 e. The number of carbonyl (C=O) groups excluding carboxylic acids is 2. The summed E-state index contributed by atoms with van der Waals surface area (Å²) in [4.78, 5) is 26.8. The Kier molecular flexibility index (Phi) is 5.43. The van der Waals surface area contributed by atoms with Gasteiger partial charge in [-0.2, -0.15) is 0 Å². The first-order valence-electron chi connectivity index (χ1n) is 11.3. The summed E-state index contributed by atoms with van der Waals surface area (Å²) in [5.74, 6) is 0.912. The van der Waals surface area contributed by atoms with E-state index < -0.39 is 23.1 Å². The van der Waals surface area contributed by atoms with E-state index in [1.54, 1.807) is 6.92 Å². The second kappa shape index (κ2) is 7.37. The Morgan fingerprint density at radius 1 is 1.17 bits per heavy atom. The molecule has 0 amide bonds. The zero-order valence-electron chi connectivity index (χ0n) is 18.4. The molecule has 0 radical (unpaired) electrons. The molecule has 29 heavy (non-hydrogen) atoms. The van der Waals surface area contributed by atoms with Crippen LogP contribution in [0.25, 0.3) is 0 Å². The van der Waals surface area contributed by atoms with Crippen LogP contribution in [0.2, 0.25) is 0 Å². The molecule has 4 nitrogen and oxygen atoms in total. The summed E-state index contributed by atoms with van der Waals surface area (Å²) in [6, 6.07) is 0. The van der Waals surface area contributed by atoms with Crippen LogP contribution >= 0.6 is 11.6 Å². The van der Waals surface area contributed by atoms with Gasteiger partial charge in [0.25, 0.3) is 0 Å². The van der Waals surface area contributed by atoms with Crippen LogP contribution in [0.15, 0.2) is 11.6 Å². The number of hydrogen-bond acceptors (Lipinski definition) is 4. The van der Waals surface area contributed by atoms with E-state index >= 15 is 0 Å². The van der Waals surface area contributed by atoms with Gasteiger partial charge in [-0.25, -0.2) is 0 Å². The third-order valence-electron chi connectivity index (χ3n) is 8.39. The maximum Gasteiger partial charge on any atom is 0.322 e. The highest BCUT2D eigenvalue weighted by Gasteiger charge is 2.72. The van der Waals surface area contributed by atoms with Crippen LogP contribution < -0.4 is 0 Å². The van der Waals surface area contributed by atoms with Gasteiger partial charge in [-0.05, 0) is 43.9 Å². The molecule has 162 valence electrons. The standard InChI is InChI=1S/C24H35ClO4/c1-13-7-6-8-18-10-17(12-25)15(3)11-24(18)21-23(5,22(27)29-24)20(26)16(4)19(28-21)14(2)9-13/h10,13-16,18-19,21H,6-9,11-12H2,1-5H3/t13-,14-,15+,16+,18+,19-,21-,23+,24+/m1/s1. The van der Waals surface area contributed by atoms with Gasteiger partial charge in [0.05, 0.1) is 6.10 Å². The maximum atomic E-state index is 13.6. The highest BCUT2D eigenvalue weighted by Crippen LogP contribution is 2.58. The normalized spacial score (nSPS) is 50.3. The van der Waals surface area contributed by atoms with E-state index in [0.29, 0.717) is 18.2 Å². The topological polar surface area (TPSA) is 52.6 Å². The largest absolute Gasteiger partial charge is 0.455 e. The molecule has 0 N–H and O–H groups in total. The van der Waals surface area contributed by atoms with Crippen molar-refractivity contribution in [3.8, 4) is 0 Å². The van der Waals surface area contributed by atoms with Crippen molar-refractivity contribution in [1.82, 2.24) is 0 Å². The number of fused-ring (bicyclic) bond motifs is 1. The lowest BCUT2D eigenvalue weighted by Gasteiger charge is -2.50. The molecule has 5 heteroatoms. The summed E-state index contributed by atoms with van der Waals surface area (Å²) in [6.45, 7) is 10.3. The Morgan fingerprint density at radius 3 is 2.59 bits per heavy atom. The molecule has 3 fully saturated rings. The fraction of sp³-hybridized carbons (Fsp3) is 0.833. The van der Waals surface area contributed by atoms with Crippen LogP contribution in [0.4, 0.5) is 0 Å². The molecule has 3 heterocycles. The van der Waals surface area contributed by atoms with E-state index in [4.69, 9.17) is 21.1 Å². The summed E-state index contributed by atoms with van der Waals surface area (Å²) < 4.78 is 13.0. The molecular weight excluding hydrogens is 388 g/mol. The molecule has 0 aromatic rings. The second-order valence-corrected chi connectivity index (χ2v) is 10.8. The Bertz CT molecular complexity index is 732. The minimum Gasteiger partial charge on any atom is -0.455 e. The molecule has 1 aliphatic carbocycles. The van der Waals surface area contributed by atoms with Crippen molar-refractivity contribution in [1.29, 1.82) is 0 Å². The van der Waals surface area contributed by atoms with Gasteiger partial charge in [-0.1, -0.05) is 52.2 Å². The van der Waals surface area contributed by atoms with Gasteiger partial charge in [0.2, 0.25) is 0 Å². The third-order valence-corrected chi connectivity index (χ3v) is 8.70. The third kappa shape index (κ3) is 3.04. The Balaban J connectivity index is 1.86. The number of carbonyl (C=O) groups is 2. The molecule has 0 aromatic carbocycles. The summed E-state index contributed by atoms with van der Waals surface area (Å²) in [7, 11) is 0. The predicted octanol–water partition coefficient (Wildman–Crippen LogP) is 4.93. The number of halogens is 1. The van der Waals surface area contributed by atoms with E-state index in [0.717, 1.165) is 25.7 Å². The van der Waals surface area contributed by atoms with Crippen molar-refractivity contribution >= 4 is 23.4 Å². The average Bonchev–Trinajstić information content (AvgIpc) is 2.86. The first-order valence-corrected chi connectivity index (χ1v) is 11.9. The van der Waals surface area contributed by atoms with Gasteiger partial charge in [-0.3, -0.25) is 9.59 Å². The molecule has 9 atom stereocenters. The lowest BCUT2D eigenvalue weighted by atomic mass is 9.61. The van der Waals surface area contributed by atoms with E-state index in [2.05, 4.69) is 26.8 Å². The quantitative estimate of drug-likeness (QED) is 0.260. The molecule has 3 aliphatic heterocycles. The summed E-state index contributed by atoms with van der Waals surface area (Å²) in [6.07, 6.45) is 6.43. The van der Waals surface area contributed by atoms with Crippen molar-refractivity contribution < 1.29 is 19.1 Å². The van der Waals surface area contributed by atoms with Crippen LogP contribution in [0.1, 0.15) is 66.7 Å². The highest BCUT2D eigenvalue weighted by atomic mass is 35.5. The zero-order valence-corrected chi connectivity index (χ0v) is 19.1. The van der Waals surface area contributed by atoms with Gasteiger partial charge in [-0.15, -0.1) is 11.6 Å². The minimum atomic E-state index is -1.21. The predicted molar refractivity (Wildman–Crippen MR) is 113 cm³/mol. The molecule has 0 aromatic heterocycles. The first-order chi connectivity index (χ1) is 13.6. The number of alkyl halides is 1. The summed E-state index contributed by atoms with van der Waals surface area (Å²) in [5, 5.41) is 0. The molecule has 4 aliphatic rings. The number of Topliss-reactive ketones (excluding diaryl/α,β-unsaturated/α-hetero) is 1. The van der Waals surface area contributed by atoms with E-state index in [-0.39, 0.29) is 35.6 Å². The van der Waals surface area contributed by atoms with Gasteiger partial charge < -0.3 is 9.47 Å². The Labute approximate surface area is 179 Å². The van der Waals surface area contributed by atoms with Gasteiger partial charge in [0.15, 0.2) is 11.2 Å². The van der Waals surface area contributed by atoms with Crippen LogP contribution in [0.5, 0.6) is 0 Å². The highest BCUT2D eigenvalue weighted by molar-refractivity contribution is 6.19. The van der Waals surface area contributed by atoms with E-state index in [1.165, 1.54) is 5.57 Å². The van der Waals surface area contributed by atoms with Crippen LogP contribution in [-0.4, -0.2) is 35.4 Å². The van der Waals surface area contributed by atoms with Crippen LogP contribution in [0.3, 0.4) is 0 Å². The zero-order chi connectivity index (χ0) is 21.1. The number of ether oxygens (including phenoxy) is 2. The molecule has 2 bridgehead atoms. The number of esters is 1. The van der Waals surface area contributed by atoms with Gasteiger partial charge in [0, 0.05) is 17.7 Å². The second-order valence-electron chi connectivity index (χ2n) is 10.5. The molecule has 4 rings (SSSR count). The monoisotopic (exact) mass is 422 g/mol. The number of ketones is 1. The van der Waals surface area contributed by atoms with Crippen LogP contribution in [0, 0.1) is 35.0 Å². The van der Waals surface area contributed by atoms with Crippen molar-refractivity contribution in [2.45, 2.75) is 84.5 Å². The lowest BCUT2D eigenvalue weighted by molar-refractivity contribution is -0.199. The molecule has 1 spiro atoms. The lowest BCUT2D eigenvalue weighted by Crippen LogP contribution is -2.62. The van der Waals surface area contributed by atoms with Crippen molar-refractivity contribution in [2.75, 3.05) is 5.88 Å². The number of hydrogen-bond donors (Lipinski definition) is 0. The SMILES string of the molecule is C[C@@H]1CCC[C@H]2C=C(CCl)[C@@H](C)C[C@]23OC(=O)[C@@]2(C)C(=O)[C@@H](C)[C@H](O[C@H]23)[C@H](C)C1. The van der Waals surface area contributed by atoms with Crippen molar-refractivity contribution in [2.24, 2.45) is 35.0 Å². The maximum absolute atomic E-state index is 13.6. The van der Waals surface area contributed by atoms with E-state index in [9.17, 15) is 9.59 Å². The Hall–Kier alpha value is -0.870. The first kappa shape index (κ1) is 21.4. The molecule has 0 unspecified atom stereocenters. The van der Waals surface area contributed by atoms with Gasteiger partial charge >= 0.3 is 5.97 Å². The van der Waals surface area contributed by atoms with Crippen molar-refractivity contribution in [3.63, 3.8) is 0 Å². The molecule has 3 saturated heterocycles. The van der Waals surface area contributed by atoms with Gasteiger partial charge in [0.1, 0.15) is 11.7 Å². The number of rotatable bonds is 1. The minimum absolute atomic E-state index is 0.00195. The molecule has 0 saturated carbocycles. The van der Waals surface area contributed by atoms with Crippen LogP contribution in [-0.2, 0) is 19.1 Å². The fourth-order valence-corrected chi connectivity index (χ4v) is 7.11. The van der Waals surface area contributed by atoms with E-state index in [1.807, 2.05) is 6.92 Å².